The van der Waals surface area contributed by atoms with Crippen molar-refractivity contribution in [2.75, 3.05) is 20.1 Å². The van der Waals surface area contributed by atoms with E-state index in [1.165, 1.54) is 19.5 Å². The van der Waals surface area contributed by atoms with Crippen molar-refractivity contribution in [3.05, 3.63) is 12.7 Å². The molecule has 2 unspecified atom stereocenters. The van der Waals surface area contributed by atoms with Gasteiger partial charge < -0.3 is 5.32 Å². The molecule has 1 aliphatic rings. The van der Waals surface area contributed by atoms with E-state index in [1.54, 1.807) is 0 Å². The number of likely N-dealkylation sites (tertiary alicyclic amines) is 1. The Bertz CT molecular complexity index is 134. The van der Waals surface area contributed by atoms with Gasteiger partial charge in [-0.1, -0.05) is 6.08 Å². The molecule has 1 rings (SSSR count). The van der Waals surface area contributed by atoms with Gasteiger partial charge in [-0.3, -0.25) is 4.90 Å². The van der Waals surface area contributed by atoms with Crippen LogP contribution in [-0.2, 0) is 0 Å². The van der Waals surface area contributed by atoms with E-state index >= 15 is 0 Å². The third-order valence-corrected chi connectivity index (χ3v) is 2.54. The van der Waals surface area contributed by atoms with Crippen molar-refractivity contribution in [1.82, 2.24) is 10.2 Å². The molecular weight excluding hydrogens is 136 g/mol. The van der Waals surface area contributed by atoms with Crippen LogP contribution in [0.3, 0.4) is 0 Å². The summed E-state index contributed by atoms with van der Waals surface area (Å²) in [6, 6.07) is 1.23. The Hall–Kier alpha value is -0.340. The van der Waals surface area contributed by atoms with Gasteiger partial charge in [-0.15, -0.1) is 6.58 Å². The van der Waals surface area contributed by atoms with Crippen LogP contribution in [0.5, 0.6) is 0 Å². The Morgan fingerprint density at radius 3 is 2.91 bits per heavy atom. The second-order valence-electron chi connectivity index (χ2n) is 3.25. The summed E-state index contributed by atoms with van der Waals surface area (Å²) in [6.07, 6.45) is 3.28. The lowest BCUT2D eigenvalue weighted by atomic mass is 10.3. The van der Waals surface area contributed by atoms with Gasteiger partial charge >= 0.3 is 0 Å². The Labute approximate surface area is 69.3 Å². The van der Waals surface area contributed by atoms with E-state index < -0.39 is 0 Å². The maximum Gasteiger partial charge on any atom is 0.0247 e. The average Bonchev–Trinajstić information content (AvgIpc) is 2.50. The lowest BCUT2D eigenvalue weighted by molar-refractivity contribution is 0.293. The van der Waals surface area contributed by atoms with Gasteiger partial charge in [0.25, 0.3) is 0 Å². The highest BCUT2D eigenvalue weighted by Crippen LogP contribution is 2.12. The SMILES string of the molecule is C=CC(C)N1CCC(NC)C1. The summed E-state index contributed by atoms with van der Waals surface area (Å²) in [5, 5.41) is 3.30. The lowest BCUT2D eigenvalue weighted by Crippen LogP contribution is -2.33. The van der Waals surface area contributed by atoms with Crippen LogP contribution in [0.1, 0.15) is 13.3 Å². The summed E-state index contributed by atoms with van der Waals surface area (Å²) in [5.74, 6) is 0. The van der Waals surface area contributed by atoms with E-state index in [0.29, 0.717) is 12.1 Å². The van der Waals surface area contributed by atoms with Crippen LogP contribution in [0.15, 0.2) is 12.7 Å². The fourth-order valence-electron chi connectivity index (χ4n) is 1.54. The zero-order chi connectivity index (χ0) is 8.27. The molecule has 0 spiro atoms. The van der Waals surface area contributed by atoms with Crippen molar-refractivity contribution >= 4 is 0 Å². The molecule has 1 N–H and O–H groups in total. The van der Waals surface area contributed by atoms with Crippen molar-refractivity contribution in [1.29, 1.82) is 0 Å². The van der Waals surface area contributed by atoms with Crippen LogP contribution in [0, 0.1) is 0 Å². The molecule has 2 nitrogen and oxygen atoms in total. The first-order chi connectivity index (χ1) is 5.27. The van der Waals surface area contributed by atoms with Crippen LogP contribution in [0.4, 0.5) is 0 Å². The summed E-state index contributed by atoms with van der Waals surface area (Å²) < 4.78 is 0. The zero-order valence-corrected chi connectivity index (χ0v) is 7.51. The molecule has 64 valence electrons. The third kappa shape index (κ3) is 2.04. The predicted molar refractivity (Wildman–Crippen MR) is 48.7 cm³/mol. The van der Waals surface area contributed by atoms with Gasteiger partial charge in [0.1, 0.15) is 0 Å². The average molecular weight is 154 g/mol. The largest absolute Gasteiger partial charge is 0.316 e. The number of hydrogen-bond donors (Lipinski definition) is 1. The topological polar surface area (TPSA) is 15.3 Å². The number of nitrogens with zero attached hydrogens (tertiary/aromatic N) is 1. The Kier molecular flexibility index (Phi) is 3.09. The minimum absolute atomic E-state index is 0.536. The van der Waals surface area contributed by atoms with E-state index in [2.05, 4.69) is 23.7 Å². The van der Waals surface area contributed by atoms with Gasteiger partial charge in [0.15, 0.2) is 0 Å². The van der Waals surface area contributed by atoms with Crippen LogP contribution in [0.25, 0.3) is 0 Å². The standard InChI is InChI=1S/C9H18N2/c1-4-8(2)11-6-5-9(7-11)10-3/h4,8-10H,1,5-7H2,2-3H3. The number of hydrogen-bond acceptors (Lipinski definition) is 2. The highest BCUT2D eigenvalue weighted by Gasteiger charge is 2.22. The second-order valence-corrected chi connectivity index (χ2v) is 3.25. The molecule has 1 heterocycles. The highest BCUT2D eigenvalue weighted by molar-refractivity contribution is 4.90. The van der Waals surface area contributed by atoms with Crippen LogP contribution in [-0.4, -0.2) is 37.1 Å². The molecule has 0 aromatic heterocycles. The van der Waals surface area contributed by atoms with E-state index in [4.69, 9.17) is 0 Å². The van der Waals surface area contributed by atoms with Gasteiger partial charge in [0.2, 0.25) is 0 Å². The van der Waals surface area contributed by atoms with E-state index in [0.717, 1.165) is 0 Å². The minimum atomic E-state index is 0.536. The van der Waals surface area contributed by atoms with Gasteiger partial charge in [-0.2, -0.15) is 0 Å². The molecule has 1 aliphatic heterocycles. The maximum atomic E-state index is 3.79. The minimum Gasteiger partial charge on any atom is -0.316 e. The summed E-state index contributed by atoms with van der Waals surface area (Å²) in [4.78, 5) is 2.45. The van der Waals surface area contributed by atoms with Gasteiger partial charge in [0, 0.05) is 25.2 Å². The Morgan fingerprint density at radius 2 is 2.45 bits per heavy atom. The lowest BCUT2D eigenvalue weighted by Gasteiger charge is -2.20. The Balaban J connectivity index is 2.34. The van der Waals surface area contributed by atoms with Crippen LogP contribution < -0.4 is 5.32 Å². The van der Waals surface area contributed by atoms with Gasteiger partial charge in [-0.05, 0) is 20.4 Å². The molecule has 0 aliphatic carbocycles. The third-order valence-electron chi connectivity index (χ3n) is 2.54. The molecule has 0 amide bonds. The van der Waals surface area contributed by atoms with Crippen molar-refractivity contribution in [3.8, 4) is 0 Å². The van der Waals surface area contributed by atoms with E-state index in [9.17, 15) is 0 Å². The molecule has 1 saturated heterocycles. The van der Waals surface area contributed by atoms with Crippen LogP contribution in [0.2, 0.25) is 0 Å². The quantitative estimate of drug-likeness (QED) is 0.606. The molecule has 0 aromatic carbocycles. The summed E-state index contributed by atoms with van der Waals surface area (Å²) in [7, 11) is 2.03. The summed E-state index contributed by atoms with van der Waals surface area (Å²) in [5.41, 5.74) is 0. The first kappa shape index (κ1) is 8.75. The molecule has 0 bridgehead atoms. The maximum absolute atomic E-state index is 3.79. The molecule has 2 atom stereocenters. The number of likely N-dealkylation sites (N-methyl/N-ethyl adjacent to an activating group) is 1. The first-order valence-electron chi connectivity index (χ1n) is 4.31. The fourth-order valence-corrected chi connectivity index (χ4v) is 1.54. The number of rotatable bonds is 3. The molecule has 0 aromatic rings. The summed E-state index contributed by atoms with van der Waals surface area (Å²) in [6.45, 7) is 8.37. The molecule has 2 heteroatoms. The molecule has 0 radical (unpaired) electrons. The van der Waals surface area contributed by atoms with E-state index in [1.807, 2.05) is 13.1 Å². The second kappa shape index (κ2) is 3.88. The smallest absolute Gasteiger partial charge is 0.0247 e. The fraction of sp³-hybridized carbons (Fsp3) is 0.778. The molecular formula is C9H18N2. The summed E-state index contributed by atoms with van der Waals surface area (Å²) >= 11 is 0. The first-order valence-corrected chi connectivity index (χ1v) is 4.31. The molecule has 1 fully saturated rings. The van der Waals surface area contributed by atoms with Crippen molar-refractivity contribution in [2.24, 2.45) is 0 Å². The van der Waals surface area contributed by atoms with Crippen molar-refractivity contribution in [2.45, 2.75) is 25.4 Å². The van der Waals surface area contributed by atoms with E-state index in [-0.39, 0.29) is 0 Å². The predicted octanol–water partition coefficient (Wildman–Crippen LogP) is 0.855. The van der Waals surface area contributed by atoms with Gasteiger partial charge in [-0.25, -0.2) is 0 Å². The Morgan fingerprint density at radius 1 is 1.73 bits per heavy atom. The normalized spacial score (nSPS) is 28.7. The molecule has 11 heavy (non-hydrogen) atoms. The highest BCUT2D eigenvalue weighted by atomic mass is 15.2. The number of nitrogens with one attached hydrogen (secondary N) is 1. The van der Waals surface area contributed by atoms with Crippen molar-refractivity contribution < 1.29 is 0 Å². The monoisotopic (exact) mass is 154 g/mol. The van der Waals surface area contributed by atoms with Crippen molar-refractivity contribution in [3.63, 3.8) is 0 Å². The molecule has 0 saturated carbocycles. The van der Waals surface area contributed by atoms with Crippen LogP contribution >= 0.6 is 0 Å². The van der Waals surface area contributed by atoms with Gasteiger partial charge in [0.05, 0.1) is 0 Å². The zero-order valence-electron chi connectivity index (χ0n) is 7.51.